The van der Waals surface area contributed by atoms with Crippen LogP contribution in [0.2, 0.25) is 0 Å². The Morgan fingerprint density at radius 1 is 1.19 bits per heavy atom. The first-order valence-electron chi connectivity index (χ1n) is 8.11. The number of hydrogen-bond donors (Lipinski definition) is 1. The molecule has 9 heteroatoms. The molecule has 134 valence electrons. The molecule has 1 saturated carbocycles. The summed E-state index contributed by atoms with van der Waals surface area (Å²) in [5.41, 5.74) is 2.20. The molecule has 1 N–H and O–H groups in total. The van der Waals surface area contributed by atoms with Crippen molar-refractivity contribution in [3.8, 4) is 11.4 Å². The zero-order chi connectivity index (χ0) is 18.3. The number of aromatic nitrogens is 4. The SMILES string of the molecule is Cc1ccc(S(=O)(=O)Nc2cccc(-c3nnnn3C3CC3)c2)c(Br)c1. The van der Waals surface area contributed by atoms with E-state index in [1.165, 1.54) is 0 Å². The second-order valence-electron chi connectivity index (χ2n) is 6.30. The quantitative estimate of drug-likeness (QED) is 0.664. The van der Waals surface area contributed by atoms with E-state index < -0.39 is 10.0 Å². The summed E-state index contributed by atoms with van der Waals surface area (Å²) in [5.74, 6) is 0.644. The van der Waals surface area contributed by atoms with Gasteiger partial charge in [-0.25, -0.2) is 13.1 Å². The first kappa shape index (κ1) is 17.2. The van der Waals surface area contributed by atoms with Gasteiger partial charge in [0.1, 0.15) is 4.90 Å². The number of halogens is 1. The molecule has 0 unspecified atom stereocenters. The van der Waals surface area contributed by atoms with Crippen LogP contribution in [0.1, 0.15) is 24.4 Å². The molecule has 1 aliphatic carbocycles. The van der Waals surface area contributed by atoms with Crippen LogP contribution in [0.5, 0.6) is 0 Å². The molecule has 0 saturated heterocycles. The molecule has 1 aromatic heterocycles. The third kappa shape index (κ3) is 3.36. The van der Waals surface area contributed by atoms with Crippen molar-refractivity contribution in [3.63, 3.8) is 0 Å². The van der Waals surface area contributed by atoms with Gasteiger partial charge < -0.3 is 0 Å². The van der Waals surface area contributed by atoms with E-state index in [0.29, 0.717) is 22.0 Å². The van der Waals surface area contributed by atoms with Crippen LogP contribution < -0.4 is 4.72 Å². The first-order valence-corrected chi connectivity index (χ1v) is 10.4. The molecule has 1 aliphatic rings. The third-order valence-electron chi connectivity index (χ3n) is 4.14. The summed E-state index contributed by atoms with van der Waals surface area (Å²) < 4.78 is 30.4. The maximum Gasteiger partial charge on any atom is 0.263 e. The summed E-state index contributed by atoms with van der Waals surface area (Å²) in [6, 6.07) is 12.5. The lowest BCUT2D eigenvalue weighted by atomic mass is 10.2. The molecule has 7 nitrogen and oxygen atoms in total. The maximum absolute atomic E-state index is 12.7. The van der Waals surface area contributed by atoms with Gasteiger partial charge in [-0.3, -0.25) is 4.72 Å². The molecule has 2 aromatic carbocycles. The minimum absolute atomic E-state index is 0.191. The van der Waals surface area contributed by atoms with E-state index >= 15 is 0 Å². The molecule has 0 bridgehead atoms. The van der Waals surface area contributed by atoms with Crippen molar-refractivity contribution in [1.82, 2.24) is 20.2 Å². The number of nitrogens with one attached hydrogen (secondary N) is 1. The van der Waals surface area contributed by atoms with Crippen LogP contribution in [0.3, 0.4) is 0 Å². The van der Waals surface area contributed by atoms with E-state index in [2.05, 4.69) is 36.2 Å². The standard InChI is InChI=1S/C17H16BrN5O2S/c1-11-5-8-16(15(18)9-11)26(24,25)20-13-4-2-3-12(10-13)17-19-21-22-23(17)14-6-7-14/h2-5,8-10,14,20H,6-7H2,1H3. The van der Waals surface area contributed by atoms with Gasteiger partial charge in [0.2, 0.25) is 0 Å². The second-order valence-corrected chi connectivity index (χ2v) is 8.80. The molecule has 0 atom stereocenters. The average molecular weight is 434 g/mol. The lowest BCUT2D eigenvalue weighted by Gasteiger charge is -2.11. The van der Waals surface area contributed by atoms with E-state index in [9.17, 15) is 8.42 Å². The van der Waals surface area contributed by atoms with Crippen LogP contribution in [-0.4, -0.2) is 28.6 Å². The van der Waals surface area contributed by atoms with Crippen LogP contribution in [0.25, 0.3) is 11.4 Å². The number of benzene rings is 2. The number of nitrogens with zero attached hydrogens (tertiary/aromatic N) is 4. The molecule has 0 amide bonds. The van der Waals surface area contributed by atoms with Crippen LogP contribution in [0.15, 0.2) is 51.8 Å². The normalized spacial score (nSPS) is 14.4. The smallest absolute Gasteiger partial charge is 0.263 e. The molecule has 0 radical (unpaired) electrons. The van der Waals surface area contributed by atoms with Crippen LogP contribution >= 0.6 is 15.9 Å². The molecule has 4 rings (SSSR count). The van der Waals surface area contributed by atoms with E-state index in [1.54, 1.807) is 41.1 Å². The highest BCUT2D eigenvalue weighted by Crippen LogP contribution is 2.37. The summed E-state index contributed by atoms with van der Waals surface area (Å²) in [6.45, 7) is 1.90. The Morgan fingerprint density at radius 3 is 2.73 bits per heavy atom. The fourth-order valence-corrected chi connectivity index (χ4v) is 4.95. The molecular weight excluding hydrogens is 418 g/mol. The highest BCUT2D eigenvalue weighted by atomic mass is 79.9. The molecule has 0 aliphatic heterocycles. The Labute approximate surface area is 159 Å². The summed E-state index contributed by atoms with van der Waals surface area (Å²) in [6.07, 6.45) is 2.12. The maximum atomic E-state index is 12.7. The monoisotopic (exact) mass is 433 g/mol. The summed E-state index contributed by atoms with van der Waals surface area (Å²) in [7, 11) is -3.72. The first-order chi connectivity index (χ1) is 12.4. The van der Waals surface area contributed by atoms with Gasteiger partial charge >= 0.3 is 0 Å². The second kappa shape index (κ2) is 6.48. The highest BCUT2D eigenvalue weighted by molar-refractivity contribution is 9.10. The minimum Gasteiger partial charge on any atom is -0.280 e. The van der Waals surface area contributed by atoms with Crippen molar-refractivity contribution in [3.05, 3.63) is 52.5 Å². The summed E-state index contributed by atoms with van der Waals surface area (Å²) >= 11 is 3.33. The number of anilines is 1. The fraction of sp³-hybridized carbons (Fsp3) is 0.235. The van der Waals surface area contributed by atoms with E-state index in [-0.39, 0.29) is 4.90 Å². The van der Waals surface area contributed by atoms with Crippen molar-refractivity contribution in [2.75, 3.05) is 4.72 Å². The van der Waals surface area contributed by atoms with Gasteiger partial charge in [0.15, 0.2) is 5.82 Å². The Balaban J connectivity index is 1.65. The molecular formula is C17H16BrN5O2S. The zero-order valence-electron chi connectivity index (χ0n) is 13.9. The van der Waals surface area contributed by atoms with Crippen molar-refractivity contribution in [2.45, 2.75) is 30.7 Å². The zero-order valence-corrected chi connectivity index (χ0v) is 16.3. The number of hydrogen-bond acceptors (Lipinski definition) is 5. The van der Waals surface area contributed by atoms with Gasteiger partial charge in [-0.1, -0.05) is 18.2 Å². The predicted molar refractivity (Wildman–Crippen MR) is 101 cm³/mol. The Hall–Kier alpha value is -2.26. The van der Waals surface area contributed by atoms with Gasteiger partial charge in [-0.2, -0.15) is 0 Å². The van der Waals surface area contributed by atoms with Gasteiger partial charge in [-0.15, -0.1) is 5.10 Å². The van der Waals surface area contributed by atoms with Gasteiger partial charge in [0.05, 0.1) is 6.04 Å². The lowest BCUT2D eigenvalue weighted by molar-refractivity contribution is 0.600. The van der Waals surface area contributed by atoms with E-state index in [1.807, 2.05) is 13.0 Å². The number of rotatable bonds is 5. The lowest BCUT2D eigenvalue weighted by Crippen LogP contribution is -2.13. The van der Waals surface area contributed by atoms with Crippen LogP contribution in [0.4, 0.5) is 5.69 Å². The van der Waals surface area contributed by atoms with E-state index in [0.717, 1.165) is 24.0 Å². The largest absolute Gasteiger partial charge is 0.280 e. The topological polar surface area (TPSA) is 89.8 Å². The van der Waals surface area contributed by atoms with Crippen molar-refractivity contribution >= 4 is 31.6 Å². The molecule has 3 aromatic rings. The Bertz CT molecular complexity index is 1080. The van der Waals surface area contributed by atoms with Crippen molar-refractivity contribution < 1.29 is 8.42 Å². The highest BCUT2D eigenvalue weighted by Gasteiger charge is 2.28. The van der Waals surface area contributed by atoms with Gasteiger partial charge in [-0.05, 0) is 76.0 Å². The number of tetrazole rings is 1. The summed E-state index contributed by atoms with van der Waals surface area (Å²) in [4.78, 5) is 0.191. The van der Waals surface area contributed by atoms with Crippen molar-refractivity contribution in [1.29, 1.82) is 0 Å². The molecule has 0 spiro atoms. The Morgan fingerprint density at radius 2 is 2.00 bits per heavy atom. The molecule has 26 heavy (non-hydrogen) atoms. The van der Waals surface area contributed by atoms with Crippen LogP contribution in [-0.2, 0) is 10.0 Å². The fourth-order valence-electron chi connectivity index (χ4n) is 2.70. The predicted octanol–water partition coefficient (Wildman–Crippen LogP) is 3.55. The average Bonchev–Trinajstić information content (AvgIpc) is 3.31. The van der Waals surface area contributed by atoms with Gasteiger partial charge in [0, 0.05) is 15.7 Å². The minimum atomic E-state index is -3.72. The Kier molecular flexibility index (Phi) is 4.28. The molecule has 1 fully saturated rings. The summed E-state index contributed by atoms with van der Waals surface area (Å²) in [5, 5.41) is 11.9. The third-order valence-corrected chi connectivity index (χ3v) is 6.49. The number of aryl methyl sites for hydroxylation is 1. The number of sulfonamides is 1. The van der Waals surface area contributed by atoms with Gasteiger partial charge in [0.25, 0.3) is 10.0 Å². The van der Waals surface area contributed by atoms with E-state index in [4.69, 9.17) is 0 Å². The van der Waals surface area contributed by atoms with Crippen LogP contribution in [0, 0.1) is 6.92 Å². The molecule has 1 heterocycles. The van der Waals surface area contributed by atoms with Crippen molar-refractivity contribution in [2.24, 2.45) is 0 Å².